The van der Waals surface area contributed by atoms with Gasteiger partial charge in [-0.3, -0.25) is 9.36 Å². The summed E-state index contributed by atoms with van der Waals surface area (Å²) in [6.45, 7) is 1.93. The van der Waals surface area contributed by atoms with Crippen LogP contribution in [0.4, 0.5) is 5.95 Å². The standard InChI is InChI=1S/C21H23N5OS/c22-19(27)18(16-10-4-1-5-11-16)28-21-24-23-20(25-14-8-3-9-15-25)26(21)17-12-6-2-7-13-17/h1-2,4-7,10-13,18H,3,8-9,14-15H2,(H2,22,27). The number of hydrogen-bond acceptors (Lipinski definition) is 5. The lowest BCUT2D eigenvalue weighted by atomic mass is 10.1. The van der Waals surface area contributed by atoms with Crippen LogP contribution < -0.4 is 10.6 Å². The first-order valence-corrected chi connectivity index (χ1v) is 10.4. The van der Waals surface area contributed by atoms with Crippen LogP contribution in [0.3, 0.4) is 0 Å². The first kappa shape index (κ1) is 18.6. The Morgan fingerprint density at radius 2 is 1.57 bits per heavy atom. The van der Waals surface area contributed by atoms with E-state index in [1.54, 1.807) is 0 Å². The highest BCUT2D eigenvalue weighted by molar-refractivity contribution is 8.00. The maximum atomic E-state index is 12.2. The number of nitrogens with two attached hydrogens (primary N) is 1. The average molecular weight is 394 g/mol. The van der Waals surface area contributed by atoms with E-state index in [0.29, 0.717) is 5.16 Å². The van der Waals surface area contributed by atoms with Gasteiger partial charge in [0.25, 0.3) is 0 Å². The fraction of sp³-hybridized carbons (Fsp3) is 0.286. The van der Waals surface area contributed by atoms with Crippen LogP contribution in [0.1, 0.15) is 30.1 Å². The number of benzene rings is 2. The smallest absolute Gasteiger partial charge is 0.235 e. The lowest BCUT2D eigenvalue weighted by molar-refractivity contribution is -0.117. The summed E-state index contributed by atoms with van der Waals surface area (Å²) in [6.07, 6.45) is 3.55. The first-order valence-electron chi connectivity index (χ1n) is 9.51. The molecule has 0 aliphatic carbocycles. The predicted molar refractivity (Wildman–Crippen MR) is 112 cm³/mol. The molecule has 144 valence electrons. The maximum absolute atomic E-state index is 12.2. The van der Waals surface area contributed by atoms with Crippen molar-refractivity contribution in [3.63, 3.8) is 0 Å². The Hall–Kier alpha value is -2.80. The molecule has 2 aromatic carbocycles. The molecule has 1 amide bonds. The molecule has 1 aromatic heterocycles. The van der Waals surface area contributed by atoms with Crippen LogP contribution in [0.15, 0.2) is 65.8 Å². The van der Waals surface area contributed by atoms with Crippen LogP contribution in [0.2, 0.25) is 0 Å². The third kappa shape index (κ3) is 3.89. The minimum Gasteiger partial charge on any atom is -0.368 e. The van der Waals surface area contributed by atoms with E-state index in [1.165, 1.54) is 18.2 Å². The number of anilines is 1. The molecular formula is C21H23N5OS. The molecule has 4 rings (SSSR count). The SMILES string of the molecule is NC(=O)C(Sc1nnc(N2CCCCC2)n1-c1ccccc1)c1ccccc1. The van der Waals surface area contributed by atoms with Crippen LogP contribution in [-0.4, -0.2) is 33.8 Å². The van der Waals surface area contributed by atoms with Gasteiger partial charge in [-0.1, -0.05) is 60.3 Å². The Morgan fingerprint density at radius 3 is 2.21 bits per heavy atom. The Bertz CT molecular complexity index is 922. The topological polar surface area (TPSA) is 77.0 Å². The van der Waals surface area contributed by atoms with E-state index in [4.69, 9.17) is 5.73 Å². The van der Waals surface area contributed by atoms with E-state index in [1.807, 2.05) is 65.2 Å². The molecule has 3 aromatic rings. The van der Waals surface area contributed by atoms with Crippen LogP contribution >= 0.6 is 11.8 Å². The molecule has 6 nitrogen and oxygen atoms in total. The van der Waals surface area contributed by atoms with Gasteiger partial charge in [0.1, 0.15) is 5.25 Å². The maximum Gasteiger partial charge on any atom is 0.235 e. The normalized spacial score (nSPS) is 15.4. The van der Waals surface area contributed by atoms with Crippen molar-refractivity contribution in [1.82, 2.24) is 14.8 Å². The zero-order valence-corrected chi connectivity index (χ0v) is 16.4. The highest BCUT2D eigenvalue weighted by atomic mass is 32.2. The number of carbonyl (C=O) groups excluding carboxylic acids is 1. The second-order valence-corrected chi connectivity index (χ2v) is 7.88. The summed E-state index contributed by atoms with van der Waals surface area (Å²) in [6, 6.07) is 19.6. The van der Waals surface area contributed by atoms with Crippen molar-refractivity contribution >= 4 is 23.6 Å². The second kappa shape index (κ2) is 8.48. The molecule has 0 spiro atoms. The molecule has 1 unspecified atom stereocenters. The van der Waals surface area contributed by atoms with Crippen molar-refractivity contribution in [2.24, 2.45) is 5.73 Å². The van der Waals surface area contributed by atoms with Gasteiger partial charge in [0.15, 0.2) is 5.16 Å². The Kier molecular flexibility index (Phi) is 5.62. The molecule has 1 aliphatic heterocycles. The van der Waals surface area contributed by atoms with Gasteiger partial charge in [-0.2, -0.15) is 0 Å². The van der Waals surface area contributed by atoms with Crippen molar-refractivity contribution in [2.75, 3.05) is 18.0 Å². The summed E-state index contributed by atoms with van der Waals surface area (Å²) in [7, 11) is 0. The zero-order valence-electron chi connectivity index (χ0n) is 15.6. The number of piperidine rings is 1. The van der Waals surface area contributed by atoms with Gasteiger partial charge >= 0.3 is 0 Å². The van der Waals surface area contributed by atoms with E-state index in [2.05, 4.69) is 15.1 Å². The number of nitrogens with zero attached hydrogens (tertiary/aromatic N) is 4. The molecule has 7 heteroatoms. The number of carbonyl (C=O) groups is 1. The first-order chi connectivity index (χ1) is 13.7. The van der Waals surface area contributed by atoms with E-state index >= 15 is 0 Å². The van der Waals surface area contributed by atoms with Gasteiger partial charge in [0, 0.05) is 13.1 Å². The Balaban J connectivity index is 1.74. The monoisotopic (exact) mass is 393 g/mol. The largest absolute Gasteiger partial charge is 0.368 e. The van der Waals surface area contributed by atoms with Crippen molar-refractivity contribution in [2.45, 2.75) is 29.7 Å². The molecule has 0 saturated carbocycles. The number of aromatic nitrogens is 3. The van der Waals surface area contributed by atoms with Crippen LogP contribution in [-0.2, 0) is 4.79 Å². The lowest BCUT2D eigenvalue weighted by Crippen LogP contribution is -2.31. The quantitative estimate of drug-likeness (QED) is 0.648. The van der Waals surface area contributed by atoms with Gasteiger partial charge < -0.3 is 10.6 Å². The third-order valence-corrected chi connectivity index (χ3v) is 6.07. The van der Waals surface area contributed by atoms with Crippen molar-refractivity contribution < 1.29 is 4.79 Å². The Labute approximate surface area is 168 Å². The molecule has 1 aliphatic rings. The van der Waals surface area contributed by atoms with Gasteiger partial charge in [0.05, 0.1) is 5.69 Å². The summed E-state index contributed by atoms with van der Waals surface area (Å²) in [4.78, 5) is 14.5. The average Bonchev–Trinajstić information content (AvgIpc) is 3.17. The highest BCUT2D eigenvalue weighted by Crippen LogP contribution is 2.37. The van der Waals surface area contributed by atoms with Gasteiger partial charge in [-0.15, -0.1) is 10.2 Å². The van der Waals surface area contributed by atoms with Gasteiger partial charge in [0.2, 0.25) is 11.9 Å². The molecule has 0 bridgehead atoms. The number of primary amides is 1. The van der Waals surface area contributed by atoms with Gasteiger partial charge in [-0.05, 0) is 37.0 Å². The van der Waals surface area contributed by atoms with Crippen LogP contribution in [0.5, 0.6) is 0 Å². The molecule has 1 fully saturated rings. The summed E-state index contributed by atoms with van der Waals surface area (Å²) < 4.78 is 2.04. The van der Waals surface area contributed by atoms with Crippen molar-refractivity contribution in [1.29, 1.82) is 0 Å². The minimum absolute atomic E-state index is 0.390. The molecule has 2 heterocycles. The fourth-order valence-corrected chi connectivity index (χ4v) is 4.46. The summed E-state index contributed by atoms with van der Waals surface area (Å²) in [5.74, 6) is 0.433. The summed E-state index contributed by atoms with van der Waals surface area (Å²) in [5.41, 5.74) is 7.57. The molecule has 0 radical (unpaired) electrons. The minimum atomic E-state index is -0.526. The number of amides is 1. The summed E-state index contributed by atoms with van der Waals surface area (Å²) >= 11 is 1.34. The molecule has 1 atom stereocenters. The second-order valence-electron chi connectivity index (χ2n) is 6.81. The lowest BCUT2D eigenvalue weighted by Gasteiger charge is -2.28. The van der Waals surface area contributed by atoms with Crippen molar-refractivity contribution in [3.05, 3.63) is 66.2 Å². The number of rotatable bonds is 6. The van der Waals surface area contributed by atoms with E-state index in [9.17, 15) is 4.79 Å². The van der Waals surface area contributed by atoms with E-state index in [0.717, 1.165) is 43.1 Å². The van der Waals surface area contributed by atoms with Gasteiger partial charge in [-0.25, -0.2) is 0 Å². The molecule has 1 saturated heterocycles. The fourth-order valence-electron chi connectivity index (χ4n) is 3.46. The zero-order chi connectivity index (χ0) is 19.3. The van der Waals surface area contributed by atoms with E-state index < -0.39 is 11.2 Å². The number of thioether (sulfide) groups is 1. The van der Waals surface area contributed by atoms with Crippen LogP contribution in [0.25, 0.3) is 5.69 Å². The van der Waals surface area contributed by atoms with Crippen molar-refractivity contribution in [3.8, 4) is 5.69 Å². The predicted octanol–water partition coefficient (Wildman–Crippen LogP) is 3.58. The third-order valence-electron chi connectivity index (χ3n) is 4.85. The molecule has 2 N–H and O–H groups in total. The summed E-state index contributed by atoms with van der Waals surface area (Å²) in [5, 5.41) is 9.07. The van der Waals surface area contributed by atoms with Crippen LogP contribution in [0, 0.1) is 0 Å². The number of para-hydroxylation sites is 1. The number of hydrogen-bond donors (Lipinski definition) is 1. The van der Waals surface area contributed by atoms with E-state index in [-0.39, 0.29) is 0 Å². The molecule has 28 heavy (non-hydrogen) atoms. The molecular weight excluding hydrogens is 370 g/mol. The Morgan fingerprint density at radius 1 is 0.929 bits per heavy atom. The highest BCUT2D eigenvalue weighted by Gasteiger charge is 2.26.